The van der Waals surface area contributed by atoms with E-state index in [0.29, 0.717) is 28.3 Å². The van der Waals surface area contributed by atoms with Crippen LogP contribution in [0.2, 0.25) is 0 Å². The van der Waals surface area contributed by atoms with Gasteiger partial charge in [0.05, 0.1) is 16.3 Å². The zero-order valence-corrected chi connectivity index (χ0v) is 15.7. The summed E-state index contributed by atoms with van der Waals surface area (Å²) < 4.78 is 6.88. The number of hydrogen-bond acceptors (Lipinski definition) is 9. The smallest absolute Gasteiger partial charge is 0.237 e. The fraction of sp³-hybridized carbons (Fsp3) is 0.125. The van der Waals surface area contributed by atoms with Crippen LogP contribution in [0, 0.1) is 0 Å². The van der Waals surface area contributed by atoms with E-state index in [0.717, 1.165) is 10.6 Å². The number of benzene rings is 1. The Hall–Kier alpha value is -3.05. The highest BCUT2D eigenvalue weighted by Gasteiger charge is 2.14. The summed E-state index contributed by atoms with van der Waals surface area (Å²) >= 11 is 2.93. The van der Waals surface area contributed by atoms with Crippen LogP contribution in [0.3, 0.4) is 0 Å². The van der Waals surface area contributed by atoms with Crippen LogP contribution in [-0.4, -0.2) is 36.3 Å². The van der Waals surface area contributed by atoms with Crippen LogP contribution in [0.1, 0.15) is 12.8 Å². The molecule has 3 heterocycles. The fourth-order valence-electron chi connectivity index (χ4n) is 2.30. The van der Waals surface area contributed by atoms with Gasteiger partial charge in [0.2, 0.25) is 22.8 Å². The highest BCUT2D eigenvalue weighted by atomic mass is 32.2. The summed E-state index contributed by atoms with van der Waals surface area (Å²) in [6.45, 7) is 1.46. The molecule has 1 aromatic carbocycles. The van der Waals surface area contributed by atoms with Crippen molar-refractivity contribution in [3.05, 3.63) is 47.7 Å². The summed E-state index contributed by atoms with van der Waals surface area (Å²) in [4.78, 5) is 16.6. The van der Waals surface area contributed by atoms with Crippen LogP contribution in [-0.2, 0) is 10.5 Å². The number of thiophene rings is 1. The molecule has 0 saturated heterocycles. The molecule has 0 fully saturated rings. The molecule has 4 aromatic rings. The predicted octanol–water partition coefficient (Wildman–Crippen LogP) is 3.02. The van der Waals surface area contributed by atoms with Gasteiger partial charge in [0.1, 0.15) is 0 Å². The molecule has 0 aliphatic rings. The van der Waals surface area contributed by atoms with E-state index in [2.05, 4.69) is 31.0 Å². The average molecular weight is 399 g/mol. The monoisotopic (exact) mass is 399 g/mol. The number of carbonyl (C=O) groups is 1. The molecule has 3 aromatic heterocycles. The summed E-state index contributed by atoms with van der Waals surface area (Å²) in [5, 5.41) is 21.1. The molecule has 0 atom stereocenters. The van der Waals surface area contributed by atoms with Crippen LogP contribution in [0.25, 0.3) is 16.4 Å². The topological polar surface area (TPSA) is 112 Å². The number of nitrogens with one attached hydrogen (secondary N) is 1. The molecule has 0 aliphatic heterocycles. The SMILES string of the molecule is CC(=O)Nc1cccc(-n2nnnc2SCc2nc(-c3cccs3)no2)c1. The number of aromatic nitrogens is 6. The van der Waals surface area contributed by atoms with E-state index in [4.69, 9.17) is 4.52 Å². The highest BCUT2D eigenvalue weighted by molar-refractivity contribution is 7.98. The third-order valence-corrected chi connectivity index (χ3v) is 5.16. The number of carbonyl (C=O) groups excluding carboxylic acids is 1. The maximum absolute atomic E-state index is 11.2. The van der Waals surface area contributed by atoms with Crippen molar-refractivity contribution in [2.24, 2.45) is 0 Å². The van der Waals surface area contributed by atoms with E-state index >= 15 is 0 Å². The summed E-state index contributed by atoms with van der Waals surface area (Å²) in [5.74, 6) is 1.36. The third kappa shape index (κ3) is 4.04. The van der Waals surface area contributed by atoms with Crippen molar-refractivity contribution in [2.45, 2.75) is 17.8 Å². The molecule has 136 valence electrons. The van der Waals surface area contributed by atoms with Gasteiger partial charge in [-0.25, -0.2) is 0 Å². The van der Waals surface area contributed by atoms with Gasteiger partial charge in [0.25, 0.3) is 0 Å². The van der Waals surface area contributed by atoms with E-state index < -0.39 is 0 Å². The van der Waals surface area contributed by atoms with E-state index in [9.17, 15) is 4.79 Å². The Labute approximate surface area is 161 Å². The second kappa shape index (κ2) is 7.68. The first-order valence-electron chi connectivity index (χ1n) is 7.85. The zero-order valence-electron chi connectivity index (χ0n) is 14.1. The van der Waals surface area contributed by atoms with Gasteiger partial charge in [-0.05, 0) is 40.1 Å². The van der Waals surface area contributed by atoms with Crippen molar-refractivity contribution in [3.8, 4) is 16.4 Å². The van der Waals surface area contributed by atoms with E-state index in [1.165, 1.54) is 18.7 Å². The Kier molecular flexibility index (Phi) is 4.94. The number of hydrogen-bond donors (Lipinski definition) is 1. The number of anilines is 1. The molecule has 9 nitrogen and oxygen atoms in total. The maximum atomic E-state index is 11.2. The second-order valence-electron chi connectivity index (χ2n) is 5.38. The Balaban J connectivity index is 1.49. The van der Waals surface area contributed by atoms with E-state index in [1.54, 1.807) is 28.2 Å². The van der Waals surface area contributed by atoms with Crippen molar-refractivity contribution in [3.63, 3.8) is 0 Å². The van der Waals surface area contributed by atoms with Gasteiger partial charge >= 0.3 is 0 Å². The highest BCUT2D eigenvalue weighted by Crippen LogP contribution is 2.25. The summed E-state index contributed by atoms with van der Waals surface area (Å²) in [5.41, 5.74) is 1.41. The normalized spacial score (nSPS) is 10.9. The predicted molar refractivity (Wildman–Crippen MR) is 101 cm³/mol. The Morgan fingerprint density at radius 1 is 1.33 bits per heavy atom. The fourth-order valence-corrected chi connectivity index (χ4v) is 3.67. The quantitative estimate of drug-likeness (QED) is 0.493. The van der Waals surface area contributed by atoms with E-state index in [1.807, 2.05) is 29.6 Å². The first-order valence-corrected chi connectivity index (χ1v) is 9.71. The van der Waals surface area contributed by atoms with Gasteiger partial charge < -0.3 is 9.84 Å². The lowest BCUT2D eigenvalue weighted by Gasteiger charge is -2.06. The average Bonchev–Trinajstić information content (AvgIpc) is 3.39. The Morgan fingerprint density at radius 3 is 3.07 bits per heavy atom. The van der Waals surface area contributed by atoms with Crippen molar-refractivity contribution in [1.82, 2.24) is 30.3 Å². The first kappa shape index (κ1) is 17.4. The van der Waals surface area contributed by atoms with Gasteiger partial charge in [-0.1, -0.05) is 29.1 Å². The molecule has 11 heteroatoms. The third-order valence-electron chi connectivity index (χ3n) is 3.39. The molecule has 0 radical (unpaired) electrons. The van der Waals surface area contributed by atoms with Gasteiger partial charge in [-0.3, -0.25) is 4.79 Å². The van der Waals surface area contributed by atoms with Crippen molar-refractivity contribution < 1.29 is 9.32 Å². The first-order chi connectivity index (χ1) is 13.2. The minimum Gasteiger partial charge on any atom is -0.338 e. The lowest BCUT2D eigenvalue weighted by molar-refractivity contribution is -0.114. The lowest BCUT2D eigenvalue weighted by Crippen LogP contribution is -2.07. The van der Waals surface area contributed by atoms with Crippen LogP contribution < -0.4 is 5.32 Å². The van der Waals surface area contributed by atoms with Crippen molar-refractivity contribution in [2.75, 3.05) is 5.32 Å². The molecule has 0 unspecified atom stereocenters. The largest absolute Gasteiger partial charge is 0.338 e. The molecular formula is C16H13N7O2S2. The molecule has 4 rings (SSSR count). The van der Waals surface area contributed by atoms with Crippen LogP contribution in [0.5, 0.6) is 0 Å². The number of nitrogens with zero attached hydrogens (tertiary/aromatic N) is 6. The minimum atomic E-state index is -0.142. The molecule has 0 spiro atoms. The number of thioether (sulfide) groups is 1. The van der Waals surface area contributed by atoms with Crippen molar-refractivity contribution >= 4 is 34.7 Å². The molecule has 1 amide bonds. The minimum absolute atomic E-state index is 0.142. The van der Waals surface area contributed by atoms with Gasteiger partial charge in [0, 0.05) is 12.6 Å². The Morgan fingerprint density at radius 2 is 2.26 bits per heavy atom. The van der Waals surface area contributed by atoms with E-state index in [-0.39, 0.29) is 5.91 Å². The number of tetrazole rings is 1. The van der Waals surface area contributed by atoms with Gasteiger partial charge in [0.15, 0.2) is 0 Å². The van der Waals surface area contributed by atoms with Crippen molar-refractivity contribution in [1.29, 1.82) is 0 Å². The molecule has 0 saturated carbocycles. The summed E-state index contributed by atoms with van der Waals surface area (Å²) in [7, 11) is 0. The van der Waals surface area contributed by atoms with Crippen LogP contribution >= 0.6 is 23.1 Å². The summed E-state index contributed by atoms with van der Waals surface area (Å²) in [6.07, 6.45) is 0. The van der Waals surface area contributed by atoms with Gasteiger partial charge in [-0.2, -0.15) is 9.67 Å². The molecule has 27 heavy (non-hydrogen) atoms. The van der Waals surface area contributed by atoms with Crippen LogP contribution in [0.4, 0.5) is 5.69 Å². The summed E-state index contributed by atoms with van der Waals surface area (Å²) in [6, 6.07) is 11.1. The standard InChI is InChI=1S/C16H13N7O2S2/c1-10(24)17-11-4-2-5-12(8-11)23-16(19-21-22-23)27-9-14-18-15(20-25-14)13-6-3-7-26-13/h2-8H,9H2,1H3,(H,17,24). The molecule has 0 aliphatic carbocycles. The second-order valence-corrected chi connectivity index (χ2v) is 7.27. The van der Waals surface area contributed by atoms with Crippen LogP contribution in [0.15, 0.2) is 51.5 Å². The molecular weight excluding hydrogens is 386 g/mol. The maximum Gasteiger partial charge on any atom is 0.237 e. The Bertz CT molecular complexity index is 1060. The zero-order chi connectivity index (χ0) is 18.6. The molecule has 1 N–H and O–H groups in total. The number of rotatable bonds is 6. The van der Waals surface area contributed by atoms with Gasteiger partial charge in [-0.15, -0.1) is 16.4 Å². The number of amides is 1. The molecule has 0 bridgehead atoms. The lowest BCUT2D eigenvalue weighted by atomic mass is 10.3.